The third-order valence-electron chi connectivity index (χ3n) is 3.92. The molecule has 1 heteroatoms. The highest BCUT2D eigenvalue weighted by Crippen LogP contribution is 2.35. The number of hydrogen-bond donors (Lipinski definition) is 0. The molecule has 0 aromatic rings. The Morgan fingerprint density at radius 3 is 2.62 bits per heavy atom. The molecule has 1 nitrogen and oxygen atoms in total. The lowest BCUT2D eigenvalue weighted by molar-refractivity contribution is 0.0871. The van der Waals surface area contributed by atoms with Gasteiger partial charge in [-0.2, -0.15) is 0 Å². The topological polar surface area (TPSA) is 3.24 Å². The van der Waals surface area contributed by atoms with Crippen molar-refractivity contribution in [3.63, 3.8) is 0 Å². The second kappa shape index (κ2) is 4.45. The molecular weight excluding hydrogens is 158 g/mol. The molecule has 2 unspecified atom stereocenters. The molecule has 0 amide bonds. The highest BCUT2D eigenvalue weighted by molar-refractivity contribution is 4.83. The van der Waals surface area contributed by atoms with Crippen molar-refractivity contribution >= 4 is 0 Å². The number of piperidine rings is 1. The molecule has 0 aromatic carbocycles. The molecule has 2 fully saturated rings. The molecule has 1 saturated heterocycles. The van der Waals surface area contributed by atoms with Gasteiger partial charge >= 0.3 is 0 Å². The average Bonchev–Trinajstić information content (AvgIpc) is 2.18. The van der Waals surface area contributed by atoms with Crippen molar-refractivity contribution in [3.05, 3.63) is 0 Å². The first-order valence-corrected chi connectivity index (χ1v) is 6.12. The summed E-state index contributed by atoms with van der Waals surface area (Å²) in [6.45, 7) is 6.43. The quantitative estimate of drug-likeness (QED) is 0.633. The van der Waals surface area contributed by atoms with Crippen LogP contribution in [0, 0.1) is 11.8 Å². The fraction of sp³-hybridized carbons (Fsp3) is 1.00. The van der Waals surface area contributed by atoms with Gasteiger partial charge in [0, 0.05) is 6.54 Å². The molecule has 1 aliphatic carbocycles. The van der Waals surface area contributed by atoms with Gasteiger partial charge in [0.1, 0.15) is 0 Å². The summed E-state index contributed by atoms with van der Waals surface area (Å²) in [5.74, 6) is 2.16. The van der Waals surface area contributed by atoms with Crippen molar-refractivity contribution in [3.8, 4) is 0 Å². The second-order valence-electron chi connectivity index (χ2n) is 4.89. The molecule has 76 valence electrons. The maximum absolute atomic E-state index is 2.69. The third kappa shape index (κ3) is 2.25. The van der Waals surface area contributed by atoms with Gasteiger partial charge in [-0.05, 0) is 44.2 Å². The van der Waals surface area contributed by atoms with Gasteiger partial charge in [0.05, 0.1) is 0 Å². The molecule has 1 saturated carbocycles. The second-order valence-corrected chi connectivity index (χ2v) is 4.89. The normalized spacial score (nSPS) is 35.8. The van der Waals surface area contributed by atoms with Crippen LogP contribution in [0.1, 0.15) is 45.4 Å². The highest BCUT2D eigenvalue weighted by Gasteiger charge is 2.30. The summed E-state index contributed by atoms with van der Waals surface area (Å²) in [6.07, 6.45) is 8.88. The molecular formula is C12H23N. The summed E-state index contributed by atoms with van der Waals surface area (Å²) in [7, 11) is 0. The van der Waals surface area contributed by atoms with Crippen LogP contribution in [0.3, 0.4) is 0 Å². The Balaban J connectivity index is 1.84. The van der Waals surface area contributed by atoms with E-state index in [1.165, 1.54) is 58.2 Å². The summed E-state index contributed by atoms with van der Waals surface area (Å²) in [5, 5.41) is 0. The van der Waals surface area contributed by atoms with Crippen LogP contribution >= 0.6 is 0 Å². The maximum atomic E-state index is 2.69. The smallest absolute Gasteiger partial charge is 0.00123 e. The Morgan fingerprint density at radius 1 is 1.08 bits per heavy atom. The minimum atomic E-state index is 1.06. The fourth-order valence-corrected chi connectivity index (χ4v) is 3.20. The van der Waals surface area contributed by atoms with Gasteiger partial charge in [-0.1, -0.05) is 26.2 Å². The van der Waals surface area contributed by atoms with Crippen molar-refractivity contribution < 1.29 is 0 Å². The third-order valence-corrected chi connectivity index (χ3v) is 3.92. The fourth-order valence-electron chi connectivity index (χ4n) is 3.20. The monoisotopic (exact) mass is 181 g/mol. The Hall–Kier alpha value is -0.0400. The summed E-state index contributed by atoms with van der Waals surface area (Å²) in [4.78, 5) is 2.69. The van der Waals surface area contributed by atoms with Gasteiger partial charge in [0.2, 0.25) is 0 Å². The van der Waals surface area contributed by atoms with Gasteiger partial charge in [-0.3, -0.25) is 0 Å². The first-order valence-electron chi connectivity index (χ1n) is 6.12. The molecule has 2 aliphatic rings. The van der Waals surface area contributed by atoms with Crippen molar-refractivity contribution in [1.82, 2.24) is 4.90 Å². The lowest BCUT2D eigenvalue weighted by Gasteiger charge is -2.41. The Morgan fingerprint density at radius 2 is 1.85 bits per heavy atom. The SMILES string of the molecule is CCCN1CCC2CCCCC2C1. The number of rotatable bonds is 2. The van der Waals surface area contributed by atoms with E-state index < -0.39 is 0 Å². The van der Waals surface area contributed by atoms with Crippen LogP contribution in [-0.4, -0.2) is 24.5 Å². The van der Waals surface area contributed by atoms with E-state index in [-0.39, 0.29) is 0 Å². The van der Waals surface area contributed by atoms with Crippen LogP contribution in [-0.2, 0) is 0 Å². The van der Waals surface area contributed by atoms with Gasteiger partial charge < -0.3 is 4.90 Å². The summed E-state index contributed by atoms with van der Waals surface area (Å²) < 4.78 is 0. The highest BCUT2D eigenvalue weighted by atomic mass is 15.1. The van der Waals surface area contributed by atoms with Gasteiger partial charge in [-0.25, -0.2) is 0 Å². The van der Waals surface area contributed by atoms with Crippen LogP contribution in [0.5, 0.6) is 0 Å². The van der Waals surface area contributed by atoms with Crippen molar-refractivity contribution in [1.29, 1.82) is 0 Å². The molecule has 0 N–H and O–H groups in total. The van der Waals surface area contributed by atoms with E-state index in [4.69, 9.17) is 0 Å². The van der Waals surface area contributed by atoms with Crippen LogP contribution in [0.15, 0.2) is 0 Å². The van der Waals surface area contributed by atoms with E-state index in [9.17, 15) is 0 Å². The predicted octanol–water partition coefficient (Wildman–Crippen LogP) is 2.91. The lowest BCUT2D eigenvalue weighted by atomic mass is 9.75. The average molecular weight is 181 g/mol. The molecule has 0 radical (unpaired) electrons. The molecule has 2 rings (SSSR count). The minimum Gasteiger partial charge on any atom is -0.303 e. The predicted molar refractivity (Wildman–Crippen MR) is 56.8 cm³/mol. The number of fused-ring (bicyclic) bond motifs is 1. The first-order chi connectivity index (χ1) is 6.40. The van der Waals surface area contributed by atoms with Gasteiger partial charge in [0.15, 0.2) is 0 Å². The van der Waals surface area contributed by atoms with Crippen LogP contribution < -0.4 is 0 Å². The number of nitrogens with zero attached hydrogens (tertiary/aromatic N) is 1. The van der Waals surface area contributed by atoms with Crippen molar-refractivity contribution in [2.24, 2.45) is 11.8 Å². The molecule has 2 atom stereocenters. The van der Waals surface area contributed by atoms with Crippen LogP contribution in [0.25, 0.3) is 0 Å². The Labute approximate surface area is 82.5 Å². The summed E-state index contributed by atoms with van der Waals surface area (Å²) >= 11 is 0. The molecule has 13 heavy (non-hydrogen) atoms. The molecule has 0 spiro atoms. The molecule has 0 aromatic heterocycles. The zero-order valence-electron chi connectivity index (χ0n) is 8.97. The van der Waals surface area contributed by atoms with Crippen LogP contribution in [0.2, 0.25) is 0 Å². The number of likely N-dealkylation sites (tertiary alicyclic amines) is 1. The van der Waals surface area contributed by atoms with E-state index in [2.05, 4.69) is 11.8 Å². The van der Waals surface area contributed by atoms with E-state index in [0.29, 0.717) is 0 Å². The minimum absolute atomic E-state index is 1.06. The van der Waals surface area contributed by atoms with E-state index >= 15 is 0 Å². The van der Waals surface area contributed by atoms with Crippen LogP contribution in [0.4, 0.5) is 0 Å². The van der Waals surface area contributed by atoms with E-state index in [0.717, 1.165) is 11.8 Å². The standard InChI is InChI=1S/C12H23N/c1-2-8-13-9-7-11-5-3-4-6-12(11)10-13/h11-12H,2-10H2,1H3. The Kier molecular flexibility index (Phi) is 3.26. The molecule has 0 bridgehead atoms. The zero-order valence-corrected chi connectivity index (χ0v) is 8.97. The number of hydrogen-bond acceptors (Lipinski definition) is 1. The van der Waals surface area contributed by atoms with Crippen molar-refractivity contribution in [2.75, 3.05) is 19.6 Å². The largest absolute Gasteiger partial charge is 0.303 e. The van der Waals surface area contributed by atoms with E-state index in [1.54, 1.807) is 0 Å². The lowest BCUT2D eigenvalue weighted by Crippen LogP contribution is -2.41. The van der Waals surface area contributed by atoms with Gasteiger partial charge in [-0.15, -0.1) is 0 Å². The summed E-state index contributed by atoms with van der Waals surface area (Å²) in [6, 6.07) is 0. The van der Waals surface area contributed by atoms with Gasteiger partial charge in [0.25, 0.3) is 0 Å². The zero-order chi connectivity index (χ0) is 9.10. The van der Waals surface area contributed by atoms with Crippen molar-refractivity contribution in [2.45, 2.75) is 45.4 Å². The Bertz CT molecular complexity index is 155. The maximum Gasteiger partial charge on any atom is 0.00123 e. The molecule has 1 aliphatic heterocycles. The summed E-state index contributed by atoms with van der Waals surface area (Å²) in [5.41, 5.74) is 0. The molecule has 1 heterocycles. The van der Waals surface area contributed by atoms with E-state index in [1.807, 2.05) is 0 Å². The first kappa shape index (κ1) is 9.51.